The van der Waals surface area contributed by atoms with Gasteiger partial charge in [0.25, 0.3) is 0 Å². The van der Waals surface area contributed by atoms with Crippen LogP contribution in [-0.2, 0) is 22.5 Å². The quantitative estimate of drug-likeness (QED) is 0.578. The Balaban J connectivity index is 1.27. The highest BCUT2D eigenvalue weighted by atomic mass is 16.5. The lowest BCUT2D eigenvalue weighted by molar-refractivity contribution is -0.120. The molecule has 2 aromatic heterocycles. The van der Waals surface area contributed by atoms with Gasteiger partial charge in [-0.1, -0.05) is 18.6 Å². The number of nitrogens with zero attached hydrogens (tertiary/aromatic N) is 5. The molecule has 178 valence electrons. The van der Waals surface area contributed by atoms with E-state index in [1.807, 2.05) is 0 Å². The molecule has 0 atom stereocenters. The Morgan fingerprint density at radius 1 is 1.09 bits per heavy atom. The van der Waals surface area contributed by atoms with Crippen LogP contribution in [0.25, 0.3) is 11.2 Å². The molecule has 0 spiro atoms. The molecule has 1 aromatic carbocycles. The zero-order valence-corrected chi connectivity index (χ0v) is 19.5. The number of benzene rings is 1. The number of carbonyl (C=O) groups excluding carboxylic acids is 2. The van der Waals surface area contributed by atoms with Crippen molar-refractivity contribution in [1.29, 1.82) is 0 Å². The lowest BCUT2D eigenvalue weighted by Crippen LogP contribution is -2.38. The van der Waals surface area contributed by atoms with Crippen molar-refractivity contribution < 1.29 is 14.3 Å². The number of esters is 1. The van der Waals surface area contributed by atoms with E-state index in [4.69, 9.17) is 9.72 Å². The van der Waals surface area contributed by atoms with E-state index in [9.17, 15) is 9.59 Å². The van der Waals surface area contributed by atoms with Crippen LogP contribution < -0.4 is 10.2 Å². The molecule has 0 radical (unpaired) electrons. The number of imidazole rings is 1. The number of nitrogens with one attached hydrogen (secondary N) is 1. The van der Waals surface area contributed by atoms with Crippen molar-refractivity contribution in [1.82, 2.24) is 19.5 Å². The van der Waals surface area contributed by atoms with Crippen LogP contribution in [0.1, 0.15) is 55.2 Å². The molecule has 0 saturated carbocycles. The van der Waals surface area contributed by atoms with Gasteiger partial charge in [-0.2, -0.15) is 0 Å². The molecule has 2 aliphatic rings. The first-order valence-electron chi connectivity index (χ1n) is 12.2. The molecule has 4 heterocycles. The standard InChI is InChI=1S/C25H30N6O3/c1-2-34-25(33)18-8-5-6-9-19(18)28-24(32)17-11-14-30(15-12-17)22-21-23(27-16-26-22)31-13-7-3-4-10-20(31)29-21/h5-6,8-9,16-17H,2-4,7,10-15H2,1H3,(H,28,32). The van der Waals surface area contributed by atoms with Gasteiger partial charge in [0.2, 0.25) is 5.91 Å². The number of hydrogen-bond acceptors (Lipinski definition) is 7. The lowest BCUT2D eigenvalue weighted by atomic mass is 9.95. The highest BCUT2D eigenvalue weighted by molar-refractivity contribution is 6.02. The van der Waals surface area contributed by atoms with Crippen molar-refractivity contribution in [3.63, 3.8) is 0 Å². The topological polar surface area (TPSA) is 102 Å². The number of carbonyl (C=O) groups is 2. The molecule has 1 saturated heterocycles. The molecule has 9 heteroatoms. The summed E-state index contributed by atoms with van der Waals surface area (Å²) in [5.41, 5.74) is 2.64. The average Bonchev–Trinajstić information content (AvgIpc) is 3.05. The summed E-state index contributed by atoms with van der Waals surface area (Å²) >= 11 is 0. The van der Waals surface area contributed by atoms with E-state index in [-0.39, 0.29) is 18.4 Å². The van der Waals surface area contributed by atoms with Crippen molar-refractivity contribution in [3.05, 3.63) is 42.0 Å². The Bertz CT molecular complexity index is 1200. The third-order valence-electron chi connectivity index (χ3n) is 6.72. The molecule has 9 nitrogen and oxygen atoms in total. The molecule has 2 aliphatic heterocycles. The largest absolute Gasteiger partial charge is 0.462 e. The smallest absolute Gasteiger partial charge is 0.340 e. The van der Waals surface area contributed by atoms with E-state index >= 15 is 0 Å². The summed E-state index contributed by atoms with van der Waals surface area (Å²) in [6, 6.07) is 6.97. The lowest BCUT2D eigenvalue weighted by Gasteiger charge is -2.32. The molecule has 1 amide bonds. The first-order valence-corrected chi connectivity index (χ1v) is 12.2. The van der Waals surface area contributed by atoms with Crippen LogP contribution in [0.4, 0.5) is 11.5 Å². The van der Waals surface area contributed by atoms with Crippen molar-refractivity contribution in [3.8, 4) is 0 Å². The van der Waals surface area contributed by atoms with E-state index < -0.39 is 5.97 Å². The second-order valence-electron chi connectivity index (χ2n) is 8.88. The minimum absolute atomic E-state index is 0.0714. The molecular formula is C25H30N6O3. The fourth-order valence-electron chi connectivity index (χ4n) is 4.92. The molecule has 1 fully saturated rings. The second-order valence-corrected chi connectivity index (χ2v) is 8.88. The SMILES string of the molecule is CCOC(=O)c1ccccc1NC(=O)C1CCN(c2ncnc3c2nc2n3CCCCC2)CC1. The van der Waals surface area contributed by atoms with Gasteiger partial charge in [0.15, 0.2) is 17.0 Å². The van der Waals surface area contributed by atoms with E-state index in [0.29, 0.717) is 37.2 Å². The van der Waals surface area contributed by atoms with Crippen molar-refractivity contribution in [2.24, 2.45) is 5.92 Å². The zero-order valence-electron chi connectivity index (χ0n) is 19.5. The summed E-state index contributed by atoms with van der Waals surface area (Å²) < 4.78 is 7.36. The average molecular weight is 463 g/mol. The minimum Gasteiger partial charge on any atom is -0.462 e. The first-order chi connectivity index (χ1) is 16.7. The predicted molar refractivity (Wildman–Crippen MR) is 129 cm³/mol. The summed E-state index contributed by atoms with van der Waals surface area (Å²) in [6.45, 7) is 4.43. The van der Waals surface area contributed by atoms with Crippen LogP contribution in [0.15, 0.2) is 30.6 Å². The number of para-hydroxylation sites is 1. The Morgan fingerprint density at radius 3 is 2.74 bits per heavy atom. The molecule has 0 aliphatic carbocycles. The van der Waals surface area contributed by atoms with Gasteiger partial charge in [0, 0.05) is 32.0 Å². The maximum atomic E-state index is 13.0. The number of rotatable bonds is 5. The van der Waals surface area contributed by atoms with Gasteiger partial charge < -0.3 is 19.5 Å². The van der Waals surface area contributed by atoms with Gasteiger partial charge in [-0.15, -0.1) is 0 Å². The monoisotopic (exact) mass is 462 g/mol. The van der Waals surface area contributed by atoms with Crippen LogP contribution in [0.2, 0.25) is 0 Å². The van der Waals surface area contributed by atoms with Crippen LogP contribution in [0, 0.1) is 5.92 Å². The normalized spacial score (nSPS) is 16.7. The van der Waals surface area contributed by atoms with E-state index in [2.05, 4.69) is 24.8 Å². The number of aromatic nitrogens is 4. The summed E-state index contributed by atoms with van der Waals surface area (Å²) in [7, 11) is 0. The summed E-state index contributed by atoms with van der Waals surface area (Å²) in [5.74, 6) is 1.32. The number of fused-ring (bicyclic) bond motifs is 3. The second kappa shape index (κ2) is 9.79. The van der Waals surface area contributed by atoms with Gasteiger partial charge in [-0.25, -0.2) is 19.7 Å². The van der Waals surface area contributed by atoms with E-state index in [1.165, 1.54) is 6.42 Å². The molecular weight excluding hydrogens is 432 g/mol. The number of piperidine rings is 1. The third-order valence-corrected chi connectivity index (χ3v) is 6.72. The third kappa shape index (κ3) is 4.34. The Hall–Kier alpha value is -3.49. The van der Waals surface area contributed by atoms with Crippen molar-refractivity contribution in [2.45, 2.75) is 52.0 Å². The zero-order chi connectivity index (χ0) is 23.5. The molecule has 5 rings (SSSR count). The van der Waals surface area contributed by atoms with Gasteiger partial charge in [-0.05, 0) is 44.7 Å². The van der Waals surface area contributed by atoms with Crippen LogP contribution >= 0.6 is 0 Å². The number of hydrogen-bond donors (Lipinski definition) is 1. The number of ether oxygens (including phenoxy) is 1. The highest BCUT2D eigenvalue weighted by Gasteiger charge is 2.29. The molecule has 1 N–H and O–H groups in total. The Morgan fingerprint density at radius 2 is 1.91 bits per heavy atom. The first kappa shape index (κ1) is 22.3. The van der Waals surface area contributed by atoms with Crippen LogP contribution in [0.5, 0.6) is 0 Å². The van der Waals surface area contributed by atoms with E-state index in [1.54, 1.807) is 37.5 Å². The predicted octanol–water partition coefficient (Wildman–Crippen LogP) is 3.58. The fourth-order valence-corrected chi connectivity index (χ4v) is 4.92. The van der Waals surface area contributed by atoms with Crippen molar-refractivity contribution >= 4 is 34.5 Å². The fraction of sp³-hybridized carbons (Fsp3) is 0.480. The maximum Gasteiger partial charge on any atom is 0.340 e. The van der Waals surface area contributed by atoms with Crippen LogP contribution in [0.3, 0.4) is 0 Å². The van der Waals surface area contributed by atoms with Gasteiger partial charge >= 0.3 is 5.97 Å². The number of anilines is 2. The van der Waals surface area contributed by atoms with Gasteiger partial charge in [-0.3, -0.25) is 4.79 Å². The molecule has 0 unspecified atom stereocenters. The summed E-state index contributed by atoms with van der Waals surface area (Å²) in [6.07, 6.45) is 7.54. The molecule has 3 aromatic rings. The van der Waals surface area contributed by atoms with Gasteiger partial charge in [0.1, 0.15) is 12.2 Å². The van der Waals surface area contributed by atoms with Crippen molar-refractivity contribution in [2.75, 3.05) is 29.9 Å². The van der Waals surface area contributed by atoms with Crippen LogP contribution in [-0.4, -0.2) is 51.1 Å². The van der Waals surface area contributed by atoms with E-state index in [0.717, 1.165) is 48.6 Å². The number of amides is 1. The minimum atomic E-state index is -0.431. The number of aryl methyl sites for hydroxylation is 2. The highest BCUT2D eigenvalue weighted by Crippen LogP contribution is 2.30. The molecule has 0 bridgehead atoms. The van der Waals surface area contributed by atoms with Gasteiger partial charge in [0.05, 0.1) is 17.9 Å². The summed E-state index contributed by atoms with van der Waals surface area (Å²) in [4.78, 5) is 41.5. The Kier molecular flexibility index (Phi) is 6.42. The maximum absolute atomic E-state index is 13.0. The molecule has 34 heavy (non-hydrogen) atoms. The summed E-state index contributed by atoms with van der Waals surface area (Å²) in [5, 5.41) is 2.94. The Labute approximate surface area is 198 Å².